The number of halogens is 1. The van der Waals surface area contributed by atoms with E-state index < -0.39 is 10.0 Å². The van der Waals surface area contributed by atoms with Gasteiger partial charge in [0.2, 0.25) is 10.0 Å². The minimum Gasteiger partial charge on any atom is -0.335 e. The lowest BCUT2D eigenvalue weighted by Gasteiger charge is -2.28. The van der Waals surface area contributed by atoms with Crippen molar-refractivity contribution in [1.82, 2.24) is 4.90 Å². The van der Waals surface area contributed by atoms with Gasteiger partial charge in [0.15, 0.2) is 0 Å². The monoisotopic (exact) mass is 330 g/mol. The summed E-state index contributed by atoms with van der Waals surface area (Å²) in [6.07, 6.45) is 1.82. The highest BCUT2D eigenvalue weighted by atomic mass is 35.5. The smallest absolute Gasteiger partial charge is 0.257 e. The molecule has 5 nitrogen and oxygen atoms in total. The molecule has 1 aliphatic rings. The quantitative estimate of drug-likeness (QED) is 0.923. The fourth-order valence-electron chi connectivity index (χ4n) is 2.83. The van der Waals surface area contributed by atoms with Crippen LogP contribution in [0.5, 0.6) is 0 Å². The topological polar surface area (TPSA) is 80.5 Å². The molecule has 0 bridgehead atoms. The molecule has 2 rings (SSSR count). The maximum Gasteiger partial charge on any atom is 0.257 e. The normalized spacial score (nSPS) is 19.3. The average Bonchev–Trinajstić information content (AvgIpc) is 2.85. The van der Waals surface area contributed by atoms with Crippen molar-refractivity contribution in [2.24, 2.45) is 11.1 Å². The Balaban J connectivity index is 2.49. The maximum absolute atomic E-state index is 12.8. The summed E-state index contributed by atoms with van der Waals surface area (Å²) >= 11 is 6.07. The lowest BCUT2D eigenvalue weighted by Crippen LogP contribution is -2.39. The molecule has 0 saturated carbocycles. The van der Waals surface area contributed by atoms with Gasteiger partial charge in [0.1, 0.15) is 0 Å². The molecule has 0 spiro atoms. The second-order valence-corrected chi connectivity index (χ2v) is 7.55. The molecule has 116 valence electrons. The van der Waals surface area contributed by atoms with Crippen LogP contribution in [0.25, 0.3) is 0 Å². The number of likely N-dealkylation sites (tertiary alicyclic amines) is 1. The zero-order valence-electron chi connectivity index (χ0n) is 12.0. The van der Waals surface area contributed by atoms with Crippen LogP contribution in [0.3, 0.4) is 0 Å². The zero-order valence-corrected chi connectivity index (χ0v) is 13.6. The first-order valence-electron chi connectivity index (χ1n) is 6.85. The molecule has 1 aromatic carbocycles. The largest absolute Gasteiger partial charge is 0.335 e. The van der Waals surface area contributed by atoms with Crippen LogP contribution in [0.15, 0.2) is 23.1 Å². The number of benzene rings is 1. The predicted octanol–water partition coefficient (Wildman–Crippen LogP) is 2.25. The third-order valence-electron chi connectivity index (χ3n) is 3.83. The molecule has 2 N–H and O–H groups in total. The first kappa shape index (κ1) is 16.3. The Kier molecular flexibility index (Phi) is 4.60. The first-order chi connectivity index (χ1) is 9.73. The van der Waals surface area contributed by atoms with Crippen LogP contribution < -0.4 is 5.14 Å². The third kappa shape index (κ3) is 3.22. The molecule has 1 fully saturated rings. The molecule has 1 amide bonds. The highest BCUT2D eigenvalue weighted by Gasteiger charge is 2.34. The summed E-state index contributed by atoms with van der Waals surface area (Å²) in [5, 5.41) is 5.31. The fourth-order valence-corrected chi connectivity index (χ4v) is 3.89. The van der Waals surface area contributed by atoms with Gasteiger partial charge >= 0.3 is 0 Å². The molecule has 1 unspecified atom stereocenters. The van der Waals surface area contributed by atoms with Crippen LogP contribution in [0.2, 0.25) is 5.02 Å². The average molecular weight is 331 g/mol. The van der Waals surface area contributed by atoms with Crippen molar-refractivity contribution >= 4 is 27.5 Å². The molecular formula is C14H19ClN2O3S. The Hall–Kier alpha value is -1.11. The summed E-state index contributed by atoms with van der Waals surface area (Å²) in [6, 6.07) is 4.39. The molecule has 1 atom stereocenters. The molecule has 0 aliphatic carbocycles. The molecule has 21 heavy (non-hydrogen) atoms. The molecular weight excluding hydrogens is 312 g/mol. The van der Waals surface area contributed by atoms with Crippen molar-refractivity contribution < 1.29 is 13.2 Å². The molecule has 7 heteroatoms. The summed E-state index contributed by atoms with van der Waals surface area (Å²) in [5.41, 5.74) is -0.0192. The van der Waals surface area contributed by atoms with Crippen LogP contribution in [0, 0.1) is 5.92 Å². The second kappa shape index (κ2) is 5.94. The first-order valence-corrected chi connectivity index (χ1v) is 8.78. The number of primary sulfonamides is 1. The molecule has 1 aromatic rings. The van der Waals surface area contributed by atoms with E-state index in [9.17, 15) is 13.2 Å². The number of amides is 1. The second-order valence-electron chi connectivity index (χ2n) is 5.61. The van der Waals surface area contributed by atoms with Crippen LogP contribution in [0.1, 0.15) is 37.0 Å². The molecule has 1 heterocycles. The van der Waals surface area contributed by atoms with Crippen LogP contribution in [0.4, 0.5) is 0 Å². The molecule has 0 aromatic heterocycles. The van der Waals surface area contributed by atoms with E-state index in [0.717, 1.165) is 12.8 Å². The fraction of sp³-hybridized carbons (Fsp3) is 0.500. The minimum absolute atomic E-state index is 0.0192. The standard InChI is InChI=1S/C14H19ClN2O3S/c1-9(2)11-6-4-8-17(11)14(18)13-10(15)5-3-7-12(13)21(16,19)20/h3,5,7,9,11H,4,6,8H2,1-2H3,(H2,16,19,20). The minimum atomic E-state index is -4.00. The summed E-state index contributed by atoms with van der Waals surface area (Å²) < 4.78 is 23.4. The lowest BCUT2D eigenvalue weighted by atomic mass is 10.0. The van der Waals surface area contributed by atoms with E-state index in [1.54, 1.807) is 4.90 Å². The summed E-state index contributed by atoms with van der Waals surface area (Å²) in [7, 11) is -4.00. The van der Waals surface area contributed by atoms with Gasteiger partial charge in [-0.05, 0) is 30.9 Å². The highest BCUT2D eigenvalue weighted by Crippen LogP contribution is 2.30. The Morgan fingerprint density at radius 1 is 1.43 bits per heavy atom. The SMILES string of the molecule is CC(C)C1CCCN1C(=O)c1c(Cl)cccc1S(N)(=O)=O. The number of carbonyl (C=O) groups excluding carboxylic acids is 1. The van der Waals surface area contributed by atoms with Gasteiger partial charge in [0.05, 0.1) is 15.5 Å². The number of hydrogen-bond acceptors (Lipinski definition) is 3. The van der Waals surface area contributed by atoms with E-state index >= 15 is 0 Å². The van der Waals surface area contributed by atoms with Gasteiger partial charge in [-0.3, -0.25) is 4.79 Å². The summed E-state index contributed by atoms with van der Waals surface area (Å²) in [5.74, 6) is -0.0577. The van der Waals surface area contributed by atoms with Crippen molar-refractivity contribution in [2.45, 2.75) is 37.6 Å². The van der Waals surface area contributed by atoms with Gasteiger partial charge in [-0.15, -0.1) is 0 Å². The van der Waals surface area contributed by atoms with Crippen molar-refractivity contribution in [3.05, 3.63) is 28.8 Å². The maximum atomic E-state index is 12.8. The number of sulfonamides is 1. The van der Waals surface area contributed by atoms with E-state index in [4.69, 9.17) is 16.7 Å². The summed E-state index contributed by atoms with van der Waals surface area (Å²) in [6.45, 7) is 4.70. The van der Waals surface area contributed by atoms with Crippen LogP contribution in [-0.4, -0.2) is 31.8 Å². The molecule has 1 aliphatic heterocycles. The van der Waals surface area contributed by atoms with Gasteiger partial charge in [-0.2, -0.15) is 0 Å². The summed E-state index contributed by atoms with van der Waals surface area (Å²) in [4.78, 5) is 14.3. The van der Waals surface area contributed by atoms with Gasteiger partial charge < -0.3 is 4.90 Å². The Bertz CT molecular complexity index is 658. The number of carbonyl (C=O) groups is 1. The van der Waals surface area contributed by atoms with E-state index in [-0.39, 0.29) is 27.4 Å². The van der Waals surface area contributed by atoms with Crippen molar-refractivity contribution in [3.8, 4) is 0 Å². The number of hydrogen-bond donors (Lipinski definition) is 1. The van der Waals surface area contributed by atoms with E-state index in [1.165, 1.54) is 18.2 Å². The highest BCUT2D eigenvalue weighted by molar-refractivity contribution is 7.89. The number of nitrogens with two attached hydrogens (primary N) is 1. The van der Waals surface area contributed by atoms with Gasteiger partial charge in [-0.1, -0.05) is 31.5 Å². The molecule has 0 radical (unpaired) electrons. The van der Waals surface area contributed by atoms with Crippen molar-refractivity contribution in [1.29, 1.82) is 0 Å². The van der Waals surface area contributed by atoms with Gasteiger partial charge in [0, 0.05) is 12.6 Å². The predicted molar refractivity (Wildman–Crippen MR) is 81.7 cm³/mol. The number of nitrogens with zero attached hydrogens (tertiary/aromatic N) is 1. The van der Waals surface area contributed by atoms with Gasteiger partial charge in [-0.25, -0.2) is 13.6 Å². The van der Waals surface area contributed by atoms with Crippen molar-refractivity contribution in [3.63, 3.8) is 0 Å². The lowest BCUT2D eigenvalue weighted by molar-refractivity contribution is 0.0698. The third-order valence-corrected chi connectivity index (χ3v) is 5.09. The van der Waals surface area contributed by atoms with E-state index in [0.29, 0.717) is 12.5 Å². The van der Waals surface area contributed by atoms with Crippen LogP contribution >= 0.6 is 11.6 Å². The molecule has 1 saturated heterocycles. The van der Waals surface area contributed by atoms with Gasteiger partial charge in [0.25, 0.3) is 5.91 Å². The Morgan fingerprint density at radius 3 is 2.67 bits per heavy atom. The van der Waals surface area contributed by atoms with E-state index in [1.807, 2.05) is 13.8 Å². The Morgan fingerprint density at radius 2 is 2.10 bits per heavy atom. The number of rotatable bonds is 3. The zero-order chi connectivity index (χ0) is 15.8. The van der Waals surface area contributed by atoms with Crippen molar-refractivity contribution in [2.75, 3.05) is 6.54 Å². The Labute approximate surface area is 130 Å². The van der Waals surface area contributed by atoms with E-state index in [2.05, 4.69) is 0 Å². The van der Waals surface area contributed by atoms with Crippen LogP contribution in [-0.2, 0) is 10.0 Å².